The van der Waals surface area contributed by atoms with Crippen LogP contribution in [0.5, 0.6) is 0 Å². The van der Waals surface area contributed by atoms with Gasteiger partial charge in [-0.2, -0.15) is 0 Å². The first-order chi connectivity index (χ1) is 23.0. The van der Waals surface area contributed by atoms with Gasteiger partial charge in [0.1, 0.15) is 18.3 Å². The van der Waals surface area contributed by atoms with Gasteiger partial charge in [0.15, 0.2) is 6.10 Å². The van der Waals surface area contributed by atoms with E-state index in [2.05, 4.69) is 13.0 Å². The molecule has 2 fully saturated rings. The number of rotatable bonds is 8. The van der Waals surface area contributed by atoms with Crippen LogP contribution in [0.4, 0.5) is 0 Å². The summed E-state index contributed by atoms with van der Waals surface area (Å²) in [6.45, 7) is 13.5. The summed E-state index contributed by atoms with van der Waals surface area (Å²) in [6.07, 6.45) is 4.24. The Morgan fingerprint density at radius 1 is 0.959 bits per heavy atom. The number of ether oxygens (including phenoxy) is 5. The van der Waals surface area contributed by atoms with Gasteiger partial charge in [0.05, 0.1) is 24.2 Å². The summed E-state index contributed by atoms with van der Waals surface area (Å²) in [7, 11) is 0. The van der Waals surface area contributed by atoms with Crippen molar-refractivity contribution in [1.29, 1.82) is 0 Å². The van der Waals surface area contributed by atoms with E-state index in [1.54, 1.807) is 6.92 Å². The molecule has 0 spiro atoms. The Labute approximate surface area is 289 Å². The molecule has 1 N–H and O–H groups in total. The van der Waals surface area contributed by atoms with Crippen molar-refractivity contribution in [2.45, 2.75) is 111 Å². The van der Waals surface area contributed by atoms with E-state index in [0.717, 1.165) is 11.1 Å². The van der Waals surface area contributed by atoms with Crippen LogP contribution in [0, 0.1) is 34.0 Å². The summed E-state index contributed by atoms with van der Waals surface area (Å²) in [6, 6.07) is 9.99. The number of allylic oxidation sites excluding steroid dienone is 1. The maximum Gasteiger partial charge on any atom is 0.303 e. The highest BCUT2D eigenvalue weighted by Gasteiger charge is 2.76. The van der Waals surface area contributed by atoms with E-state index in [0.29, 0.717) is 25.7 Å². The van der Waals surface area contributed by atoms with Crippen LogP contribution in [-0.2, 0) is 49.3 Å². The van der Waals surface area contributed by atoms with Gasteiger partial charge in [-0.3, -0.25) is 19.2 Å². The third-order valence-corrected chi connectivity index (χ3v) is 12.3. The Bertz CT molecular complexity index is 1500. The van der Waals surface area contributed by atoms with Crippen molar-refractivity contribution in [3.8, 4) is 0 Å². The van der Waals surface area contributed by atoms with Crippen molar-refractivity contribution in [2.75, 3.05) is 13.2 Å². The number of carbonyl (C=O) groups is 4. The lowest BCUT2D eigenvalue weighted by atomic mass is 9.35. The lowest BCUT2D eigenvalue weighted by Gasteiger charge is -2.71. The second-order valence-corrected chi connectivity index (χ2v) is 15.1. The molecule has 0 bridgehead atoms. The fraction of sp³-hybridized carbons (Fsp3) is 0.641. The van der Waals surface area contributed by atoms with Crippen LogP contribution in [0.2, 0.25) is 0 Å². The minimum atomic E-state index is -1.29. The van der Waals surface area contributed by atoms with E-state index in [4.69, 9.17) is 23.7 Å². The first-order valence-electron chi connectivity index (χ1n) is 17.4. The van der Waals surface area contributed by atoms with Crippen LogP contribution >= 0.6 is 0 Å². The second-order valence-electron chi connectivity index (χ2n) is 15.1. The number of aryl methyl sites for hydroxylation is 1. The largest absolute Gasteiger partial charge is 0.462 e. The molecule has 2 saturated carbocycles. The van der Waals surface area contributed by atoms with E-state index in [9.17, 15) is 24.3 Å². The minimum Gasteiger partial charge on any atom is -0.462 e. The van der Waals surface area contributed by atoms with Crippen LogP contribution in [0.1, 0.15) is 80.2 Å². The van der Waals surface area contributed by atoms with Crippen LogP contribution in [0.3, 0.4) is 0 Å². The Kier molecular flexibility index (Phi) is 10.3. The van der Waals surface area contributed by atoms with Gasteiger partial charge < -0.3 is 28.8 Å². The SMILES string of the molecule is CC(=O)OC1C2[C@@](C)(CCC3[C@]2(C)[C@H](OC(C)=O)C=C(C)[C@@]3(O)CCc2ccccc2)C2C=CCOC[C@]2(C(C)OC(C)=O)[C@H]1OC(C)=O. The fourth-order valence-corrected chi connectivity index (χ4v) is 10.5. The molecule has 1 aromatic carbocycles. The molecule has 0 radical (unpaired) electrons. The molecule has 5 unspecified atom stereocenters. The quantitative estimate of drug-likeness (QED) is 0.219. The summed E-state index contributed by atoms with van der Waals surface area (Å²) >= 11 is 0. The summed E-state index contributed by atoms with van der Waals surface area (Å²) in [5.41, 5.74) is -2.36. The molecule has 0 aromatic heterocycles. The highest BCUT2D eigenvalue weighted by atomic mass is 16.6. The van der Waals surface area contributed by atoms with E-state index >= 15 is 0 Å². The average Bonchev–Trinajstić information content (AvgIpc) is 3.25. The molecule has 3 aliphatic carbocycles. The zero-order valence-corrected chi connectivity index (χ0v) is 30.0. The van der Waals surface area contributed by atoms with Crippen molar-refractivity contribution in [2.24, 2.45) is 34.0 Å². The molecule has 4 aliphatic rings. The van der Waals surface area contributed by atoms with Crippen LogP contribution < -0.4 is 0 Å². The molecule has 10 heteroatoms. The normalized spacial score (nSPS) is 38.7. The summed E-state index contributed by atoms with van der Waals surface area (Å²) in [5, 5.41) is 12.9. The van der Waals surface area contributed by atoms with Gasteiger partial charge in [0.2, 0.25) is 0 Å². The molecule has 11 atom stereocenters. The number of aliphatic hydroxyl groups is 1. The first kappa shape index (κ1) is 36.8. The Morgan fingerprint density at radius 2 is 1.61 bits per heavy atom. The minimum absolute atomic E-state index is 0.0602. The zero-order valence-electron chi connectivity index (χ0n) is 30.0. The van der Waals surface area contributed by atoms with Gasteiger partial charge in [0, 0.05) is 44.9 Å². The van der Waals surface area contributed by atoms with Crippen LogP contribution in [-0.4, -0.2) is 72.2 Å². The maximum absolute atomic E-state index is 13.1. The molecule has 5 rings (SSSR count). The lowest BCUT2D eigenvalue weighted by Crippen LogP contribution is -2.76. The molecule has 0 saturated heterocycles. The second kappa shape index (κ2) is 13.7. The molecule has 0 amide bonds. The smallest absolute Gasteiger partial charge is 0.303 e. The zero-order chi connectivity index (χ0) is 35.9. The third-order valence-electron chi connectivity index (χ3n) is 12.3. The molecule has 268 valence electrons. The third kappa shape index (κ3) is 6.24. The average molecular weight is 681 g/mol. The summed E-state index contributed by atoms with van der Waals surface area (Å²) in [5.74, 6) is -3.61. The fourth-order valence-electron chi connectivity index (χ4n) is 10.5. The first-order valence-corrected chi connectivity index (χ1v) is 17.4. The standard InChI is InChI=1S/C39H52O10/c1-23-21-32(47-26(4)41)37(8)31(39(23,44)19-16-29-13-10-9-11-14-29)17-18-36(7)30-15-12-20-45-22-38(30,24(2)46-25(3)40)35(49-28(6)43)33(34(36)37)48-27(5)42/h9-15,21,24,30-35,44H,16-20,22H2,1-8H3/t24?,30?,31?,32-,33?,34?,35+,36+,37-,38-,39+/m1/s1. The van der Waals surface area contributed by atoms with Gasteiger partial charge in [-0.25, -0.2) is 0 Å². The van der Waals surface area contributed by atoms with Gasteiger partial charge in [-0.05, 0) is 68.1 Å². The Hall–Kier alpha value is -3.50. The number of hydrogen-bond acceptors (Lipinski definition) is 10. The molecule has 49 heavy (non-hydrogen) atoms. The van der Waals surface area contributed by atoms with Crippen LogP contribution in [0.15, 0.2) is 54.1 Å². The number of esters is 4. The number of benzene rings is 1. The van der Waals surface area contributed by atoms with Crippen molar-refractivity contribution in [3.05, 3.63) is 59.7 Å². The Balaban J connectivity index is 1.77. The predicted octanol–water partition coefficient (Wildman–Crippen LogP) is 5.30. The van der Waals surface area contributed by atoms with Gasteiger partial charge in [-0.15, -0.1) is 0 Å². The Morgan fingerprint density at radius 3 is 2.22 bits per heavy atom. The van der Waals surface area contributed by atoms with Crippen molar-refractivity contribution >= 4 is 23.9 Å². The highest BCUT2D eigenvalue weighted by Crippen LogP contribution is 2.72. The molecule has 1 heterocycles. The predicted molar refractivity (Wildman–Crippen MR) is 180 cm³/mol. The van der Waals surface area contributed by atoms with Crippen molar-refractivity contribution in [1.82, 2.24) is 0 Å². The van der Waals surface area contributed by atoms with E-state index in [-0.39, 0.29) is 13.2 Å². The van der Waals surface area contributed by atoms with Crippen molar-refractivity contribution < 1.29 is 48.0 Å². The maximum atomic E-state index is 13.1. The summed E-state index contributed by atoms with van der Waals surface area (Å²) < 4.78 is 30.8. The molecule has 1 aliphatic heterocycles. The lowest BCUT2D eigenvalue weighted by molar-refractivity contribution is -0.304. The van der Waals surface area contributed by atoms with Gasteiger partial charge >= 0.3 is 23.9 Å². The molecule has 1 aromatic rings. The van der Waals surface area contributed by atoms with Gasteiger partial charge in [-0.1, -0.05) is 56.3 Å². The topological polar surface area (TPSA) is 135 Å². The van der Waals surface area contributed by atoms with Gasteiger partial charge in [0.25, 0.3) is 0 Å². The number of hydrogen-bond donors (Lipinski definition) is 1. The van der Waals surface area contributed by atoms with E-state index in [1.807, 2.05) is 56.3 Å². The summed E-state index contributed by atoms with van der Waals surface area (Å²) in [4.78, 5) is 51.4. The van der Waals surface area contributed by atoms with E-state index in [1.165, 1.54) is 27.7 Å². The van der Waals surface area contributed by atoms with Crippen LogP contribution in [0.25, 0.3) is 0 Å². The monoisotopic (exact) mass is 680 g/mol. The molecule has 10 nitrogen and oxygen atoms in total. The number of carbonyl (C=O) groups excluding carboxylic acids is 4. The highest BCUT2D eigenvalue weighted by molar-refractivity contribution is 5.68. The van der Waals surface area contributed by atoms with Crippen molar-refractivity contribution in [3.63, 3.8) is 0 Å². The van der Waals surface area contributed by atoms with E-state index < -0.39 is 87.9 Å². The molecular weight excluding hydrogens is 628 g/mol. The number of fused-ring (bicyclic) bond motifs is 5. The molecular formula is C39H52O10.